The lowest BCUT2D eigenvalue weighted by Gasteiger charge is -2.11. The van der Waals surface area contributed by atoms with Crippen molar-refractivity contribution in [2.45, 2.75) is 6.10 Å². The van der Waals surface area contributed by atoms with Gasteiger partial charge in [-0.3, -0.25) is 0 Å². The second-order valence-corrected chi connectivity index (χ2v) is 4.23. The van der Waals surface area contributed by atoms with E-state index in [0.717, 1.165) is 0 Å². The van der Waals surface area contributed by atoms with Crippen molar-refractivity contribution in [2.75, 3.05) is 13.7 Å². The van der Waals surface area contributed by atoms with Gasteiger partial charge in [0, 0.05) is 7.11 Å². The summed E-state index contributed by atoms with van der Waals surface area (Å²) in [7, 11) is 1.49. The van der Waals surface area contributed by atoms with Crippen LogP contribution in [0.15, 0.2) is 0 Å². The third-order valence-corrected chi connectivity index (χ3v) is 3.27. The summed E-state index contributed by atoms with van der Waals surface area (Å²) in [6, 6.07) is 0. The lowest BCUT2D eigenvalue weighted by Crippen LogP contribution is -2.10. The molecule has 1 aromatic heterocycles. The van der Waals surface area contributed by atoms with Crippen LogP contribution in [0.5, 0.6) is 0 Å². The monoisotopic (exact) mass is 348 g/mol. The summed E-state index contributed by atoms with van der Waals surface area (Å²) in [6.07, 6.45) is -0.843. The fourth-order valence-electron chi connectivity index (χ4n) is 0.867. The minimum absolute atomic E-state index is 0.0144. The zero-order valence-electron chi connectivity index (χ0n) is 7.17. The number of aliphatic hydroxyl groups excluding tert-OH is 1. The van der Waals surface area contributed by atoms with E-state index >= 15 is 0 Å². The van der Waals surface area contributed by atoms with Gasteiger partial charge >= 0.3 is 0 Å². The van der Waals surface area contributed by atoms with Crippen molar-refractivity contribution in [2.24, 2.45) is 0 Å². The van der Waals surface area contributed by atoms with Gasteiger partial charge in [0.2, 0.25) is 5.28 Å². The van der Waals surface area contributed by atoms with E-state index in [1.807, 2.05) is 22.6 Å². The normalized spacial score (nSPS) is 12.9. The standard InChI is InChI=1S/C7H7Cl2IN2O2/c1-14-2-3(13)5-4(10)6(8)12-7(9)11-5/h3,13H,2H2,1H3. The summed E-state index contributed by atoms with van der Waals surface area (Å²) < 4.78 is 5.37. The molecule has 0 spiro atoms. The van der Waals surface area contributed by atoms with E-state index in [0.29, 0.717) is 9.26 Å². The van der Waals surface area contributed by atoms with Crippen LogP contribution in [-0.4, -0.2) is 28.8 Å². The molecule has 7 heteroatoms. The maximum Gasteiger partial charge on any atom is 0.224 e. The topological polar surface area (TPSA) is 55.2 Å². The molecule has 1 rings (SSSR count). The van der Waals surface area contributed by atoms with Crippen molar-refractivity contribution in [1.82, 2.24) is 9.97 Å². The Kier molecular flexibility index (Phi) is 4.78. The van der Waals surface area contributed by atoms with Crippen LogP contribution in [0.25, 0.3) is 0 Å². The van der Waals surface area contributed by atoms with Crippen LogP contribution >= 0.6 is 45.8 Å². The van der Waals surface area contributed by atoms with E-state index in [2.05, 4.69) is 9.97 Å². The number of hydrogen-bond acceptors (Lipinski definition) is 4. The van der Waals surface area contributed by atoms with Crippen molar-refractivity contribution >= 4 is 45.8 Å². The minimum atomic E-state index is -0.843. The highest BCUT2D eigenvalue weighted by atomic mass is 127. The molecule has 1 aromatic rings. The first kappa shape index (κ1) is 12.4. The van der Waals surface area contributed by atoms with Gasteiger partial charge in [-0.25, -0.2) is 9.97 Å². The van der Waals surface area contributed by atoms with E-state index in [4.69, 9.17) is 27.9 Å². The molecule has 0 radical (unpaired) electrons. The third kappa shape index (κ3) is 2.90. The SMILES string of the molecule is COCC(O)c1nc(Cl)nc(Cl)c1I. The quantitative estimate of drug-likeness (QED) is 0.516. The zero-order chi connectivity index (χ0) is 10.7. The molecule has 14 heavy (non-hydrogen) atoms. The van der Waals surface area contributed by atoms with Gasteiger partial charge < -0.3 is 9.84 Å². The number of rotatable bonds is 3. The molecule has 78 valence electrons. The Bertz CT molecular complexity index is 338. The van der Waals surface area contributed by atoms with Crippen LogP contribution in [-0.2, 0) is 4.74 Å². The lowest BCUT2D eigenvalue weighted by atomic mass is 10.2. The Labute approximate surface area is 105 Å². The summed E-state index contributed by atoms with van der Waals surface area (Å²) in [6.45, 7) is 0.139. The second kappa shape index (κ2) is 5.41. The molecular weight excluding hydrogens is 342 g/mol. The van der Waals surface area contributed by atoms with E-state index < -0.39 is 6.10 Å². The van der Waals surface area contributed by atoms with Crippen LogP contribution in [0.3, 0.4) is 0 Å². The number of nitrogens with zero attached hydrogens (tertiary/aromatic N) is 2. The second-order valence-electron chi connectivity index (χ2n) is 2.45. The summed E-state index contributed by atoms with van der Waals surface area (Å²) >= 11 is 13.3. The first-order valence-corrected chi connectivity index (χ1v) is 5.45. The molecule has 0 fully saturated rings. The number of methoxy groups -OCH3 is 1. The molecular formula is C7H7Cl2IN2O2. The first-order chi connectivity index (χ1) is 6.56. The average Bonchev–Trinajstić information content (AvgIpc) is 2.11. The van der Waals surface area contributed by atoms with Gasteiger partial charge in [-0.2, -0.15) is 0 Å². The molecule has 0 amide bonds. The highest BCUT2D eigenvalue weighted by molar-refractivity contribution is 14.1. The van der Waals surface area contributed by atoms with Crippen LogP contribution in [0, 0.1) is 3.57 Å². The molecule has 0 aliphatic carbocycles. The van der Waals surface area contributed by atoms with E-state index in [1.54, 1.807) is 0 Å². The Morgan fingerprint density at radius 2 is 2.14 bits per heavy atom. The van der Waals surface area contributed by atoms with Crippen LogP contribution in [0.1, 0.15) is 11.8 Å². The maximum absolute atomic E-state index is 9.61. The number of ether oxygens (including phenoxy) is 1. The molecule has 0 saturated carbocycles. The summed E-state index contributed by atoms with van der Waals surface area (Å²) in [4.78, 5) is 7.62. The van der Waals surface area contributed by atoms with Crippen LogP contribution in [0.4, 0.5) is 0 Å². The lowest BCUT2D eigenvalue weighted by molar-refractivity contribution is 0.0611. The molecule has 0 aliphatic heterocycles. The molecule has 0 bridgehead atoms. The van der Waals surface area contributed by atoms with E-state index in [9.17, 15) is 5.11 Å². The van der Waals surface area contributed by atoms with Gasteiger partial charge in [-0.05, 0) is 34.2 Å². The van der Waals surface area contributed by atoms with E-state index in [-0.39, 0.29) is 17.0 Å². The van der Waals surface area contributed by atoms with Gasteiger partial charge in [-0.15, -0.1) is 0 Å². The highest BCUT2D eigenvalue weighted by Crippen LogP contribution is 2.25. The number of aromatic nitrogens is 2. The van der Waals surface area contributed by atoms with Crippen molar-refractivity contribution in [3.05, 3.63) is 19.7 Å². The van der Waals surface area contributed by atoms with Gasteiger partial charge in [0.05, 0.1) is 15.9 Å². The Morgan fingerprint density at radius 1 is 1.50 bits per heavy atom. The van der Waals surface area contributed by atoms with Crippen molar-refractivity contribution in [1.29, 1.82) is 0 Å². The summed E-state index contributed by atoms with van der Waals surface area (Å²) in [5.74, 6) is 0. The molecule has 0 saturated heterocycles. The van der Waals surface area contributed by atoms with Crippen LogP contribution < -0.4 is 0 Å². The number of hydrogen-bond donors (Lipinski definition) is 1. The van der Waals surface area contributed by atoms with Gasteiger partial charge in [0.25, 0.3) is 0 Å². The molecule has 0 aliphatic rings. The fraction of sp³-hybridized carbons (Fsp3) is 0.429. The minimum Gasteiger partial charge on any atom is -0.384 e. The van der Waals surface area contributed by atoms with Gasteiger partial charge in [0.1, 0.15) is 11.3 Å². The zero-order valence-corrected chi connectivity index (χ0v) is 10.8. The molecule has 1 heterocycles. The molecule has 1 atom stereocenters. The largest absolute Gasteiger partial charge is 0.384 e. The van der Waals surface area contributed by atoms with Crippen molar-refractivity contribution in [3.8, 4) is 0 Å². The molecule has 0 aromatic carbocycles. The predicted octanol–water partition coefficient (Wildman–Crippen LogP) is 2.07. The van der Waals surface area contributed by atoms with Crippen molar-refractivity contribution < 1.29 is 9.84 Å². The average molecular weight is 349 g/mol. The summed E-state index contributed by atoms with van der Waals surface area (Å²) in [5, 5.41) is 9.86. The Morgan fingerprint density at radius 3 is 2.71 bits per heavy atom. The van der Waals surface area contributed by atoms with Crippen LogP contribution in [0.2, 0.25) is 10.4 Å². The van der Waals surface area contributed by atoms with Gasteiger partial charge in [0.15, 0.2) is 0 Å². The number of aliphatic hydroxyl groups is 1. The maximum atomic E-state index is 9.61. The van der Waals surface area contributed by atoms with E-state index in [1.165, 1.54) is 7.11 Å². The molecule has 4 nitrogen and oxygen atoms in total. The Balaban J connectivity index is 3.07. The molecule has 1 N–H and O–H groups in total. The number of halogens is 3. The van der Waals surface area contributed by atoms with Gasteiger partial charge in [-0.1, -0.05) is 11.6 Å². The molecule has 1 unspecified atom stereocenters. The predicted molar refractivity (Wildman–Crippen MR) is 61.6 cm³/mol. The smallest absolute Gasteiger partial charge is 0.224 e. The highest BCUT2D eigenvalue weighted by Gasteiger charge is 2.17. The summed E-state index contributed by atoms with van der Waals surface area (Å²) in [5.41, 5.74) is 0.387. The first-order valence-electron chi connectivity index (χ1n) is 3.61. The third-order valence-electron chi connectivity index (χ3n) is 1.45. The fourth-order valence-corrected chi connectivity index (χ4v) is 1.86. The Hall–Kier alpha value is 0.310. The van der Waals surface area contributed by atoms with Crippen molar-refractivity contribution in [3.63, 3.8) is 0 Å².